The van der Waals surface area contributed by atoms with E-state index < -0.39 is 0 Å². The lowest BCUT2D eigenvalue weighted by atomic mass is 10.0. The lowest BCUT2D eigenvalue weighted by Gasteiger charge is -2.15. The van der Waals surface area contributed by atoms with Crippen molar-refractivity contribution in [2.75, 3.05) is 0 Å². The monoisotopic (exact) mass is 296 g/mol. The molecule has 0 radical (unpaired) electrons. The average Bonchev–Trinajstić information content (AvgIpc) is 2.94. The predicted molar refractivity (Wildman–Crippen MR) is 86.1 cm³/mol. The molecular weight excluding hydrogens is 276 g/mol. The second-order valence-electron chi connectivity index (χ2n) is 5.96. The minimum Gasteiger partial charge on any atom is -0.345 e. The third-order valence-corrected chi connectivity index (χ3v) is 4.27. The molecule has 0 spiro atoms. The number of amides is 1. The van der Waals surface area contributed by atoms with Crippen LogP contribution in [0.25, 0.3) is 0 Å². The Morgan fingerprint density at radius 2 is 1.95 bits per heavy atom. The zero-order valence-electron chi connectivity index (χ0n) is 12.9. The number of carbonyl (C=O) groups is 1. The molecule has 1 amide bonds. The summed E-state index contributed by atoms with van der Waals surface area (Å²) in [7, 11) is 0. The first-order valence-electron chi connectivity index (χ1n) is 7.67. The highest BCUT2D eigenvalue weighted by Crippen LogP contribution is 2.25. The Hall–Kier alpha value is -2.36. The molecule has 1 aromatic carbocycles. The molecule has 0 saturated heterocycles. The molecule has 1 aromatic heterocycles. The van der Waals surface area contributed by atoms with E-state index in [2.05, 4.69) is 28.5 Å². The summed E-state index contributed by atoms with van der Waals surface area (Å²) < 4.78 is 0. The van der Waals surface area contributed by atoms with E-state index in [4.69, 9.17) is 0 Å². The second-order valence-corrected chi connectivity index (χ2v) is 5.96. The van der Waals surface area contributed by atoms with E-state index in [0.717, 1.165) is 24.1 Å². The number of hydrogen-bond donors (Lipinski definition) is 2. The normalized spacial score (nSPS) is 14.5. The summed E-state index contributed by atoms with van der Waals surface area (Å²) in [5, 5.41) is 2.91. The molecule has 1 heterocycles. The molecule has 4 nitrogen and oxygen atoms in total. The number of aromatic amines is 1. The maximum absolute atomic E-state index is 12.3. The summed E-state index contributed by atoms with van der Waals surface area (Å²) in [5.74, 6) is -0.339. The Morgan fingerprint density at radius 3 is 2.73 bits per heavy atom. The summed E-state index contributed by atoms with van der Waals surface area (Å²) in [6.07, 6.45) is 3.47. The molecule has 0 saturated carbocycles. The molecule has 0 bridgehead atoms. The van der Waals surface area contributed by atoms with Crippen LogP contribution in [0.5, 0.6) is 0 Å². The molecule has 4 heteroatoms. The highest BCUT2D eigenvalue weighted by atomic mass is 16.2. The van der Waals surface area contributed by atoms with Crippen LogP contribution in [-0.4, -0.2) is 10.9 Å². The Bertz CT molecular complexity index is 777. The number of carbonyl (C=O) groups excluding carboxylic acids is 1. The van der Waals surface area contributed by atoms with E-state index in [-0.39, 0.29) is 23.1 Å². The summed E-state index contributed by atoms with van der Waals surface area (Å²) in [6.45, 7) is 3.73. The fourth-order valence-corrected chi connectivity index (χ4v) is 2.97. The van der Waals surface area contributed by atoms with Crippen LogP contribution < -0.4 is 10.9 Å². The molecule has 2 aromatic rings. The zero-order chi connectivity index (χ0) is 15.7. The smallest absolute Gasteiger partial charge is 0.260 e. The van der Waals surface area contributed by atoms with Crippen molar-refractivity contribution < 1.29 is 4.79 Å². The van der Waals surface area contributed by atoms with Gasteiger partial charge in [-0.15, -0.1) is 0 Å². The van der Waals surface area contributed by atoms with Crippen LogP contribution in [0.4, 0.5) is 0 Å². The van der Waals surface area contributed by atoms with Crippen LogP contribution in [0.15, 0.2) is 35.1 Å². The number of fused-ring (bicyclic) bond motifs is 1. The van der Waals surface area contributed by atoms with E-state index in [1.807, 2.05) is 6.92 Å². The largest absolute Gasteiger partial charge is 0.345 e. The maximum atomic E-state index is 12.3. The van der Waals surface area contributed by atoms with Gasteiger partial charge >= 0.3 is 0 Å². The van der Waals surface area contributed by atoms with Gasteiger partial charge in [-0.05, 0) is 61.9 Å². The van der Waals surface area contributed by atoms with Crippen LogP contribution in [0.2, 0.25) is 0 Å². The third-order valence-electron chi connectivity index (χ3n) is 4.27. The quantitative estimate of drug-likeness (QED) is 0.914. The summed E-state index contributed by atoms with van der Waals surface area (Å²) in [5.41, 5.74) is 4.42. The van der Waals surface area contributed by atoms with Crippen LogP contribution in [0.3, 0.4) is 0 Å². The molecule has 1 aliphatic carbocycles. The van der Waals surface area contributed by atoms with Gasteiger partial charge < -0.3 is 10.3 Å². The first-order valence-corrected chi connectivity index (χ1v) is 7.67. The Balaban J connectivity index is 1.77. The Morgan fingerprint density at radius 1 is 1.18 bits per heavy atom. The average molecular weight is 296 g/mol. The van der Waals surface area contributed by atoms with Gasteiger partial charge in [0.05, 0.1) is 6.04 Å². The van der Waals surface area contributed by atoms with E-state index in [0.29, 0.717) is 0 Å². The summed E-state index contributed by atoms with van der Waals surface area (Å²) in [6, 6.07) is 9.56. The SMILES string of the molecule is Cc1ccc(C(=O)NC(C)c2ccc3c(c2)CCC3)c(=O)[nH]1. The van der Waals surface area contributed by atoms with Crippen LogP contribution >= 0.6 is 0 Å². The minimum absolute atomic E-state index is 0.126. The van der Waals surface area contributed by atoms with Gasteiger partial charge in [0.15, 0.2) is 0 Å². The molecule has 0 aliphatic heterocycles. The fourth-order valence-electron chi connectivity index (χ4n) is 2.97. The van der Waals surface area contributed by atoms with E-state index in [1.54, 1.807) is 19.1 Å². The number of rotatable bonds is 3. The summed E-state index contributed by atoms with van der Waals surface area (Å²) in [4.78, 5) is 26.7. The number of pyridine rings is 1. The van der Waals surface area contributed by atoms with Gasteiger partial charge in [0, 0.05) is 5.69 Å². The third kappa shape index (κ3) is 2.82. The van der Waals surface area contributed by atoms with Gasteiger partial charge in [0.1, 0.15) is 5.56 Å². The number of hydrogen-bond acceptors (Lipinski definition) is 2. The molecule has 1 atom stereocenters. The topological polar surface area (TPSA) is 62.0 Å². The van der Waals surface area contributed by atoms with Crippen molar-refractivity contribution in [3.63, 3.8) is 0 Å². The van der Waals surface area contributed by atoms with E-state index in [9.17, 15) is 9.59 Å². The van der Waals surface area contributed by atoms with Crippen molar-refractivity contribution in [1.29, 1.82) is 0 Å². The first kappa shape index (κ1) is 14.6. The van der Waals surface area contributed by atoms with Crippen molar-refractivity contribution in [1.82, 2.24) is 10.3 Å². The number of aryl methyl sites for hydroxylation is 3. The van der Waals surface area contributed by atoms with Crippen molar-refractivity contribution >= 4 is 5.91 Å². The van der Waals surface area contributed by atoms with Gasteiger partial charge in [-0.2, -0.15) is 0 Å². The second kappa shape index (κ2) is 5.79. The lowest BCUT2D eigenvalue weighted by Crippen LogP contribution is -2.31. The van der Waals surface area contributed by atoms with Crippen molar-refractivity contribution in [2.24, 2.45) is 0 Å². The van der Waals surface area contributed by atoms with Gasteiger partial charge in [0.2, 0.25) is 0 Å². The number of benzene rings is 1. The van der Waals surface area contributed by atoms with Gasteiger partial charge in [-0.25, -0.2) is 0 Å². The van der Waals surface area contributed by atoms with Crippen molar-refractivity contribution in [3.8, 4) is 0 Å². The minimum atomic E-state index is -0.348. The molecule has 0 fully saturated rings. The Kier molecular flexibility index (Phi) is 3.84. The fraction of sp³-hybridized carbons (Fsp3) is 0.333. The van der Waals surface area contributed by atoms with Gasteiger partial charge in [-0.1, -0.05) is 18.2 Å². The van der Waals surface area contributed by atoms with Crippen LogP contribution in [0, 0.1) is 6.92 Å². The zero-order valence-corrected chi connectivity index (χ0v) is 12.9. The van der Waals surface area contributed by atoms with Crippen molar-refractivity contribution in [2.45, 2.75) is 39.2 Å². The number of H-pyrrole nitrogens is 1. The predicted octanol–water partition coefficient (Wildman–Crippen LogP) is 2.66. The van der Waals surface area contributed by atoms with Crippen LogP contribution in [-0.2, 0) is 12.8 Å². The molecular formula is C18H20N2O2. The Labute approximate surface area is 129 Å². The van der Waals surface area contributed by atoms with Gasteiger partial charge in [-0.3, -0.25) is 9.59 Å². The maximum Gasteiger partial charge on any atom is 0.260 e. The highest BCUT2D eigenvalue weighted by molar-refractivity contribution is 5.94. The standard InChI is InChI=1S/C18H20N2O2/c1-11-6-9-16(17(21)19-11)18(22)20-12(2)14-8-7-13-4-3-5-15(13)10-14/h6-10,12H,3-5H2,1-2H3,(H,19,21)(H,20,22). The van der Waals surface area contributed by atoms with E-state index >= 15 is 0 Å². The highest BCUT2D eigenvalue weighted by Gasteiger charge is 2.17. The molecule has 22 heavy (non-hydrogen) atoms. The number of aromatic nitrogens is 1. The lowest BCUT2D eigenvalue weighted by molar-refractivity contribution is 0.0938. The molecule has 2 N–H and O–H groups in total. The summed E-state index contributed by atoms with van der Waals surface area (Å²) >= 11 is 0. The van der Waals surface area contributed by atoms with Crippen molar-refractivity contribution in [3.05, 3.63) is 68.6 Å². The molecule has 1 unspecified atom stereocenters. The molecule has 3 rings (SSSR count). The number of nitrogens with one attached hydrogen (secondary N) is 2. The van der Waals surface area contributed by atoms with Gasteiger partial charge in [0.25, 0.3) is 11.5 Å². The molecule has 114 valence electrons. The molecule has 1 aliphatic rings. The first-order chi connectivity index (χ1) is 10.5. The van der Waals surface area contributed by atoms with E-state index in [1.165, 1.54) is 17.5 Å². The van der Waals surface area contributed by atoms with Crippen LogP contribution in [0.1, 0.15) is 52.1 Å².